The molecule has 0 radical (unpaired) electrons. The first-order chi connectivity index (χ1) is 19.0. The van der Waals surface area contributed by atoms with Crippen LogP contribution in [0, 0.1) is 20.8 Å². The van der Waals surface area contributed by atoms with Gasteiger partial charge in [0.2, 0.25) is 11.8 Å². The summed E-state index contributed by atoms with van der Waals surface area (Å²) in [6, 6.07) is 18.3. The Morgan fingerprint density at radius 1 is 0.925 bits per heavy atom. The standard InChI is InChI=1S/C31H38ClN3O4S/c1-6-18-33-31(37)28(7-2)34(20-25-11-9-8-10-23(25)4)30(36)21-35(29-17-14-26(32)19-24(29)5)40(38,39)27-15-12-22(3)13-16-27/h8-17,19,28H,6-7,18,20-21H2,1-5H3,(H,33,37)/t28-/m0/s1. The molecule has 2 amide bonds. The van der Waals surface area contributed by atoms with Crippen LogP contribution in [0.1, 0.15) is 48.9 Å². The molecule has 0 aromatic heterocycles. The molecule has 40 heavy (non-hydrogen) atoms. The predicted octanol–water partition coefficient (Wildman–Crippen LogP) is 5.79. The number of halogens is 1. The van der Waals surface area contributed by atoms with Crippen molar-refractivity contribution in [2.45, 2.75) is 64.9 Å². The van der Waals surface area contributed by atoms with Gasteiger partial charge in [-0.05, 0) is 80.6 Å². The number of nitrogens with zero attached hydrogens (tertiary/aromatic N) is 2. The molecule has 1 atom stereocenters. The molecule has 214 valence electrons. The quantitative estimate of drug-likeness (QED) is 0.292. The van der Waals surface area contributed by atoms with Crippen molar-refractivity contribution in [3.63, 3.8) is 0 Å². The molecule has 7 nitrogen and oxygen atoms in total. The van der Waals surface area contributed by atoms with Crippen LogP contribution in [0.5, 0.6) is 0 Å². The Balaban J connectivity index is 2.10. The average Bonchev–Trinajstić information content (AvgIpc) is 2.92. The average molecular weight is 584 g/mol. The summed E-state index contributed by atoms with van der Waals surface area (Å²) >= 11 is 6.18. The van der Waals surface area contributed by atoms with Crippen LogP contribution in [-0.2, 0) is 26.2 Å². The highest BCUT2D eigenvalue weighted by Crippen LogP contribution is 2.30. The van der Waals surface area contributed by atoms with Gasteiger partial charge < -0.3 is 10.2 Å². The summed E-state index contributed by atoms with van der Waals surface area (Å²) in [5, 5.41) is 3.36. The van der Waals surface area contributed by atoms with E-state index in [-0.39, 0.29) is 17.3 Å². The van der Waals surface area contributed by atoms with Crippen LogP contribution in [-0.4, -0.2) is 44.3 Å². The Bertz CT molecular complexity index is 1440. The molecule has 0 bridgehead atoms. The second kappa shape index (κ2) is 13.8. The van der Waals surface area contributed by atoms with Crippen molar-refractivity contribution >= 4 is 39.1 Å². The van der Waals surface area contributed by atoms with Gasteiger partial charge in [-0.3, -0.25) is 13.9 Å². The van der Waals surface area contributed by atoms with E-state index < -0.39 is 28.5 Å². The molecular formula is C31H38ClN3O4S. The molecule has 0 aliphatic carbocycles. The van der Waals surface area contributed by atoms with Crippen molar-refractivity contribution in [1.82, 2.24) is 10.2 Å². The van der Waals surface area contributed by atoms with Gasteiger partial charge in [-0.15, -0.1) is 0 Å². The number of anilines is 1. The van der Waals surface area contributed by atoms with Gasteiger partial charge in [0.15, 0.2) is 0 Å². The lowest BCUT2D eigenvalue weighted by molar-refractivity contribution is -0.140. The van der Waals surface area contributed by atoms with Crippen LogP contribution in [0.15, 0.2) is 71.6 Å². The fourth-order valence-corrected chi connectivity index (χ4v) is 6.21. The zero-order chi connectivity index (χ0) is 29.4. The fraction of sp³-hybridized carbons (Fsp3) is 0.355. The van der Waals surface area contributed by atoms with Crippen LogP contribution in [0.2, 0.25) is 5.02 Å². The monoisotopic (exact) mass is 583 g/mol. The summed E-state index contributed by atoms with van der Waals surface area (Å²) in [4.78, 5) is 28.9. The molecule has 0 unspecified atom stereocenters. The third kappa shape index (κ3) is 7.43. The Kier molecular flexibility index (Phi) is 10.8. The van der Waals surface area contributed by atoms with E-state index in [1.54, 1.807) is 37.3 Å². The van der Waals surface area contributed by atoms with Gasteiger partial charge in [-0.1, -0.05) is 67.4 Å². The number of sulfonamides is 1. The van der Waals surface area contributed by atoms with Gasteiger partial charge in [0.1, 0.15) is 12.6 Å². The van der Waals surface area contributed by atoms with E-state index in [0.717, 1.165) is 27.4 Å². The summed E-state index contributed by atoms with van der Waals surface area (Å²) in [6.07, 6.45) is 1.13. The maximum atomic E-state index is 14.1. The number of aryl methyl sites for hydroxylation is 3. The minimum absolute atomic E-state index is 0.0680. The third-order valence-corrected chi connectivity index (χ3v) is 8.86. The minimum Gasteiger partial charge on any atom is -0.354 e. The zero-order valence-corrected chi connectivity index (χ0v) is 25.3. The maximum absolute atomic E-state index is 14.1. The second-order valence-electron chi connectivity index (χ2n) is 9.92. The SMILES string of the molecule is CCCNC(=O)[C@H](CC)N(Cc1ccccc1C)C(=O)CN(c1ccc(Cl)cc1C)S(=O)(=O)c1ccc(C)cc1. The van der Waals surface area contributed by atoms with E-state index in [1.807, 2.05) is 52.0 Å². The minimum atomic E-state index is -4.14. The Hall–Kier alpha value is -3.36. The number of hydrogen-bond acceptors (Lipinski definition) is 4. The summed E-state index contributed by atoms with van der Waals surface area (Å²) in [7, 11) is -4.14. The van der Waals surface area contributed by atoms with Crippen molar-refractivity contribution in [2.24, 2.45) is 0 Å². The van der Waals surface area contributed by atoms with Crippen molar-refractivity contribution in [3.8, 4) is 0 Å². The van der Waals surface area contributed by atoms with Crippen LogP contribution in [0.4, 0.5) is 5.69 Å². The molecule has 0 heterocycles. The summed E-state index contributed by atoms with van der Waals surface area (Å²) in [5.41, 5.74) is 3.72. The van der Waals surface area contributed by atoms with Crippen LogP contribution in [0.3, 0.4) is 0 Å². The molecule has 1 N–H and O–H groups in total. The Morgan fingerprint density at radius 3 is 2.20 bits per heavy atom. The van der Waals surface area contributed by atoms with E-state index in [2.05, 4.69) is 5.32 Å². The molecule has 0 fully saturated rings. The summed E-state index contributed by atoms with van der Waals surface area (Å²) < 4.78 is 29.1. The number of hydrogen-bond donors (Lipinski definition) is 1. The second-order valence-corrected chi connectivity index (χ2v) is 12.2. The lowest BCUT2D eigenvalue weighted by Crippen LogP contribution is -2.52. The van der Waals surface area contributed by atoms with Gasteiger partial charge in [-0.25, -0.2) is 8.42 Å². The van der Waals surface area contributed by atoms with Crippen molar-refractivity contribution in [2.75, 3.05) is 17.4 Å². The molecule has 0 saturated heterocycles. The normalized spacial score (nSPS) is 12.1. The fourth-order valence-electron chi connectivity index (χ4n) is 4.51. The lowest BCUT2D eigenvalue weighted by Gasteiger charge is -2.34. The maximum Gasteiger partial charge on any atom is 0.264 e. The van der Waals surface area contributed by atoms with Gasteiger partial charge >= 0.3 is 0 Å². The Labute approximate surface area is 243 Å². The van der Waals surface area contributed by atoms with Crippen molar-refractivity contribution in [3.05, 3.63) is 94.0 Å². The number of amides is 2. The summed E-state index contributed by atoms with van der Waals surface area (Å²) in [5.74, 6) is -0.742. The number of carbonyl (C=O) groups is 2. The largest absolute Gasteiger partial charge is 0.354 e. The van der Waals surface area contributed by atoms with E-state index >= 15 is 0 Å². The first-order valence-corrected chi connectivity index (χ1v) is 15.3. The summed E-state index contributed by atoms with van der Waals surface area (Å²) in [6.45, 7) is 9.54. The number of nitrogens with one attached hydrogen (secondary N) is 1. The number of benzene rings is 3. The highest BCUT2D eigenvalue weighted by atomic mass is 35.5. The van der Waals surface area contributed by atoms with Crippen LogP contribution >= 0.6 is 11.6 Å². The number of rotatable bonds is 12. The Morgan fingerprint density at radius 2 is 1.60 bits per heavy atom. The predicted molar refractivity (Wildman–Crippen MR) is 161 cm³/mol. The molecule has 3 aromatic rings. The van der Waals surface area contributed by atoms with E-state index in [4.69, 9.17) is 11.6 Å². The van der Waals surface area contributed by atoms with Gasteiger partial charge in [-0.2, -0.15) is 0 Å². The highest BCUT2D eigenvalue weighted by molar-refractivity contribution is 7.92. The first kappa shape index (κ1) is 31.2. The van der Waals surface area contributed by atoms with Gasteiger partial charge in [0.25, 0.3) is 10.0 Å². The molecule has 0 aliphatic heterocycles. The first-order valence-electron chi connectivity index (χ1n) is 13.5. The smallest absolute Gasteiger partial charge is 0.264 e. The molecule has 9 heteroatoms. The van der Waals surface area contributed by atoms with E-state index in [1.165, 1.54) is 17.0 Å². The molecular weight excluding hydrogens is 546 g/mol. The lowest BCUT2D eigenvalue weighted by atomic mass is 10.1. The van der Waals surface area contributed by atoms with Gasteiger partial charge in [0, 0.05) is 18.1 Å². The molecule has 3 rings (SSSR count). The van der Waals surface area contributed by atoms with Crippen LogP contribution < -0.4 is 9.62 Å². The van der Waals surface area contributed by atoms with E-state index in [9.17, 15) is 18.0 Å². The van der Waals surface area contributed by atoms with E-state index in [0.29, 0.717) is 29.2 Å². The van der Waals surface area contributed by atoms with Gasteiger partial charge in [0.05, 0.1) is 10.6 Å². The molecule has 3 aromatic carbocycles. The van der Waals surface area contributed by atoms with Crippen LogP contribution in [0.25, 0.3) is 0 Å². The third-order valence-electron chi connectivity index (χ3n) is 6.85. The molecule has 0 aliphatic rings. The molecule has 0 spiro atoms. The number of carbonyl (C=O) groups excluding carboxylic acids is 2. The molecule has 0 saturated carbocycles. The zero-order valence-electron chi connectivity index (χ0n) is 23.8. The van der Waals surface area contributed by atoms with Crippen molar-refractivity contribution < 1.29 is 18.0 Å². The topological polar surface area (TPSA) is 86.8 Å². The van der Waals surface area contributed by atoms with Crippen molar-refractivity contribution in [1.29, 1.82) is 0 Å². The highest BCUT2D eigenvalue weighted by Gasteiger charge is 2.34.